The fourth-order valence-corrected chi connectivity index (χ4v) is 3.10. The minimum atomic E-state index is -0.414. The van der Waals surface area contributed by atoms with Crippen LogP contribution in [0.5, 0.6) is 0 Å². The molecule has 1 N–H and O–H groups in total. The molecular weight excluding hydrogens is 312 g/mol. The SMILES string of the molecule is CN1CC(=O)N(CC(=O)NC2CCN(Cc3ccco3)CC2)C1=O. The molecule has 0 unspecified atom stereocenters. The van der Waals surface area contributed by atoms with Gasteiger partial charge in [0.05, 0.1) is 12.8 Å². The molecule has 2 saturated heterocycles. The molecule has 3 rings (SSSR count). The zero-order valence-corrected chi connectivity index (χ0v) is 13.7. The van der Waals surface area contributed by atoms with E-state index in [1.54, 1.807) is 13.3 Å². The summed E-state index contributed by atoms with van der Waals surface area (Å²) < 4.78 is 5.35. The summed E-state index contributed by atoms with van der Waals surface area (Å²) in [5.41, 5.74) is 0. The zero-order chi connectivity index (χ0) is 17.1. The lowest BCUT2D eigenvalue weighted by atomic mass is 10.0. The first-order chi connectivity index (χ1) is 11.5. The Hall–Kier alpha value is -2.35. The summed E-state index contributed by atoms with van der Waals surface area (Å²) in [5.74, 6) is 0.329. The van der Waals surface area contributed by atoms with Gasteiger partial charge in [0.2, 0.25) is 5.91 Å². The van der Waals surface area contributed by atoms with Gasteiger partial charge in [-0.05, 0) is 25.0 Å². The first-order valence-electron chi connectivity index (χ1n) is 8.12. The molecule has 0 radical (unpaired) electrons. The highest BCUT2D eigenvalue weighted by molar-refractivity contribution is 6.04. The Balaban J connectivity index is 1.42. The molecule has 8 heteroatoms. The zero-order valence-electron chi connectivity index (χ0n) is 13.7. The summed E-state index contributed by atoms with van der Waals surface area (Å²) in [5, 5.41) is 2.93. The Morgan fingerprint density at radius 1 is 1.33 bits per heavy atom. The fourth-order valence-electron chi connectivity index (χ4n) is 3.10. The minimum Gasteiger partial charge on any atom is -0.468 e. The second kappa shape index (κ2) is 7.04. The fraction of sp³-hybridized carbons (Fsp3) is 0.562. The second-order valence-corrected chi connectivity index (χ2v) is 6.32. The Kier molecular flexibility index (Phi) is 4.84. The van der Waals surface area contributed by atoms with Crippen molar-refractivity contribution in [2.75, 3.05) is 33.2 Å². The predicted octanol–water partition coefficient (Wildman–Crippen LogP) is 0.254. The molecule has 130 valence electrons. The van der Waals surface area contributed by atoms with Crippen LogP contribution in [0.15, 0.2) is 22.8 Å². The van der Waals surface area contributed by atoms with E-state index in [0.717, 1.165) is 43.1 Å². The highest BCUT2D eigenvalue weighted by atomic mass is 16.3. The maximum Gasteiger partial charge on any atom is 0.327 e. The van der Waals surface area contributed by atoms with Gasteiger partial charge in [0.15, 0.2) is 0 Å². The van der Waals surface area contributed by atoms with Crippen LogP contribution in [0.2, 0.25) is 0 Å². The molecule has 1 aromatic rings. The molecule has 0 aliphatic carbocycles. The van der Waals surface area contributed by atoms with E-state index in [0.29, 0.717) is 0 Å². The van der Waals surface area contributed by atoms with Gasteiger partial charge in [-0.2, -0.15) is 0 Å². The molecule has 2 fully saturated rings. The molecule has 8 nitrogen and oxygen atoms in total. The van der Waals surface area contributed by atoms with Crippen molar-refractivity contribution < 1.29 is 18.8 Å². The number of urea groups is 1. The van der Waals surface area contributed by atoms with Crippen LogP contribution in [-0.4, -0.2) is 71.8 Å². The number of carbonyl (C=O) groups excluding carboxylic acids is 3. The second-order valence-electron chi connectivity index (χ2n) is 6.32. The Morgan fingerprint density at radius 3 is 2.67 bits per heavy atom. The first kappa shape index (κ1) is 16.5. The van der Waals surface area contributed by atoms with E-state index < -0.39 is 6.03 Å². The lowest BCUT2D eigenvalue weighted by Gasteiger charge is -2.32. The number of carbonyl (C=O) groups is 3. The predicted molar refractivity (Wildman–Crippen MR) is 84.9 cm³/mol. The molecule has 4 amide bonds. The average molecular weight is 334 g/mol. The van der Waals surface area contributed by atoms with Gasteiger partial charge in [0.1, 0.15) is 18.8 Å². The number of nitrogens with one attached hydrogen (secondary N) is 1. The monoisotopic (exact) mass is 334 g/mol. The number of amides is 4. The van der Waals surface area contributed by atoms with Crippen molar-refractivity contribution >= 4 is 17.8 Å². The Labute approximate surface area is 140 Å². The number of rotatable bonds is 5. The number of hydrogen-bond donors (Lipinski definition) is 1. The van der Waals surface area contributed by atoms with Crippen molar-refractivity contribution in [3.05, 3.63) is 24.2 Å². The topological polar surface area (TPSA) is 86.1 Å². The highest BCUT2D eigenvalue weighted by Gasteiger charge is 2.35. The molecule has 2 aliphatic rings. The van der Waals surface area contributed by atoms with Crippen molar-refractivity contribution in [2.45, 2.75) is 25.4 Å². The van der Waals surface area contributed by atoms with Crippen LogP contribution in [0.1, 0.15) is 18.6 Å². The summed E-state index contributed by atoms with van der Waals surface area (Å²) >= 11 is 0. The Bertz CT molecular complexity index is 608. The molecule has 1 aromatic heterocycles. The number of likely N-dealkylation sites (tertiary alicyclic amines) is 1. The maximum absolute atomic E-state index is 12.1. The van der Waals surface area contributed by atoms with Gasteiger partial charge in [-0.25, -0.2) is 4.79 Å². The van der Waals surface area contributed by atoms with Crippen LogP contribution >= 0.6 is 0 Å². The molecule has 0 bridgehead atoms. The number of furan rings is 1. The standard InChI is InChI=1S/C16H22N4O4/c1-18-11-15(22)20(16(18)23)10-14(21)17-12-4-6-19(7-5-12)9-13-3-2-8-24-13/h2-3,8,12H,4-7,9-11H2,1H3,(H,17,21). The van der Waals surface area contributed by atoms with Gasteiger partial charge < -0.3 is 14.6 Å². The number of imide groups is 1. The summed E-state index contributed by atoms with van der Waals surface area (Å²) in [6, 6.07) is 3.50. The third-order valence-corrected chi connectivity index (χ3v) is 4.44. The number of nitrogens with zero attached hydrogens (tertiary/aromatic N) is 3. The third kappa shape index (κ3) is 3.76. The molecule has 0 saturated carbocycles. The van der Waals surface area contributed by atoms with E-state index in [4.69, 9.17) is 4.42 Å². The number of piperidine rings is 1. The normalized spacial score (nSPS) is 20.0. The lowest BCUT2D eigenvalue weighted by Crippen LogP contribution is -2.48. The molecule has 0 spiro atoms. The molecule has 24 heavy (non-hydrogen) atoms. The van der Waals surface area contributed by atoms with Gasteiger partial charge in [-0.3, -0.25) is 19.4 Å². The first-order valence-corrected chi connectivity index (χ1v) is 8.12. The smallest absolute Gasteiger partial charge is 0.327 e. The van der Waals surface area contributed by atoms with E-state index in [9.17, 15) is 14.4 Å². The van der Waals surface area contributed by atoms with E-state index in [2.05, 4.69) is 10.2 Å². The van der Waals surface area contributed by atoms with Crippen LogP contribution in [0, 0.1) is 0 Å². The molecular formula is C16H22N4O4. The number of likely N-dealkylation sites (N-methyl/N-ethyl adjacent to an activating group) is 1. The van der Waals surface area contributed by atoms with E-state index in [1.165, 1.54) is 4.90 Å². The van der Waals surface area contributed by atoms with Crippen LogP contribution < -0.4 is 5.32 Å². The molecule has 0 atom stereocenters. The molecule has 0 aromatic carbocycles. The lowest BCUT2D eigenvalue weighted by molar-refractivity contribution is -0.131. The summed E-state index contributed by atoms with van der Waals surface area (Å²) in [6.07, 6.45) is 3.35. The number of hydrogen-bond acceptors (Lipinski definition) is 5. The quantitative estimate of drug-likeness (QED) is 0.781. The van der Waals surface area contributed by atoms with E-state index >= 15 is 0 Å². The van der Waals surface area contributed by atoms with Gasteiger partial charge in [-0.15, -0.1) is 0 Å². The maximum atomic E-state index is 12.1. The van der Waals surface area contributed by atoms with Crippen LogP contribution in [-0.2, 0) is 16.1 Å². The summed E-state index contributed by atoms with van der Waals surface area (Å²) in [4.78, 5) is 40.1. The van der Waals surface area contributed by atoms with Gasteiger partial charge >= 0.3 is 6.03 Å². The van der Waals surface area contributed by atoms with Crippen molar-refractivity contribution in [3.8, 4) is 0 Å². The van der Waals surface area contributed by atoms with Gasteiger partial charge in [-0.1, -0.05) is 0 Å². The summed E-state index contributed by atoms with van der Waals surface area (Å²) in [6.45, 7) is 2.36. The van der Waals surface area contributed by atoms with Gasteiger partial charge in [0.25, 0.3) is 5.91 Å². The van der Waals surface area contributed by atoms with E-state index in [1.807, 2.05) is 12.1 Å². The highest BCUT2D eigenvalue weighted by Crippen LogP contribution is 2.14. The Morgan fingerprint density at radius 2 is 2.08 bits per heavy atom. The molecule has 3 heterocycles. The summed E-state index contributed by atoms with van der Waals surface area (Å²) in [7, 11) is 1.55. The van der Waals surface area contributed by atoms with E-state index in [-0.39, 0.29) is 30.9 Å². The minimum absolute atomic E-state index is 0.0390. The van der Waals surface area contributed by atoms with Gasteiger partial charge in [0, 0.05) is 26.2 Å². The van der Waals surface area contributed by atoms with Crippen molar-refractivity contribution in [1.29, 1.82) is 0 Å². The van der Waals surface area contributed by atoms with Crippen LogP contribution in [0.3, 0.4) is 0 Å². The molecule has 2 aliphatic heterocycles. The van der Waals surface area contributed by atoms with Crippen molar-refractivity contribution in [2.24, 2.45) is 0 Å². The third-order valence-electron chi connectivity index (χ3n) is 4.44. The van der Waals surface area contributed by atoms with Crippen molar-refractivity contribution in [1.82, 2.24) is 20.0 Å². The average Bonchev–Trinajstić information content (AvgIpc) is 3.14. The largest absolute Gasteiger partial charge is 0.468 e. The van der Waals surface area contributed by atoms with Crippen molar-refractivity contribution in [3.63, 3.8) is 0 Å². The van der Waals surface area contributed by atoms with Crippen LogP contribution in [0.25, 0.3) is 0 Å². The van der Waals surface area contributed by atoms with Crippen LogP contribution in [0.4, 0.5) is 4.79 Å².